The molecule has 0 saturated carbocycles. The van der Waals surface area contributed by atoms with Crippen molar-refractivity contribution in [2.24, 2.45) is 0 Å². The molecule has 0 bridgehead atoms. The number of unbranched alkanes of at least 4 members (excludes halogenated alkanes) is 1. The summed E-state index contributed by atoms with van der Waals surface area (Å²) in [6.07, 6.45) is 8.47. The van der Waals surface area contributed by atoms with E-state index in [0.29, 0.717) is 0 Å². The lowest BCUT2D eigenvalue weighted by Gasteiger charge is -1.88. The van der Waals surface area contributed by atoms with Gasteiger partial charge in [0.25, 0.3) is 0 Å². The van der Waals surface area contributed by atoms with Crippen LogP contribution in [0.15, 0.2) is 23.8 Å². The molecule has 0 spiro atoms. The first-order valence-electron chi connectivity index (χ1n) is 3.43. The SMILES string of the molecule is [CH2]/C=C\C(C)=C\CCC. The van der Waals surface area contributed by atoms with Gasteiger partial charge < -0.3 is 0 Å². The molecule has 0 aromatic heterocycles. The zero-order chi connectivity index (χ0) is 7.11. The van der Waals surface area contributed by atoms with Crippen LogP contribution >= 0.6 is 0 Å². The summed E-state index contributed by atoms with van der Waals surface area (Å²) in [6.45, 7) is 7.89. The Morgan fingerprint density at radius 3 is 2.67 bits per heavy atom. The van der Waals surface area contributed by atoms with E-state index < -0.39 is 0 Å². The Morgan fingerprint density at radius 2 is 2.22 bits per heavy atom. The Labute approximate surface area is 58.3 Å². The average Bonchev–Trinajstić information content (AvgIpc) is 1.85. The molecule has 0 aromatic rings. The number of hydrogen-bond acceptors (Lipinski definition) is 0. The van der Waals surface area contributed by atoms with Crippen molar-refractivity contribution < 1.29 is 0 Å². The Kier molecular flexibility index (Phi) is 5.29. The third-order valence-corrected chi connectivity index (χ3v) is 1.14. The fourth-order valence-electron chi connectivity index (χ4n) is 0.626. The summed E-state index contributed by atoms with van der Waals surface area (Å²) in [5, 5.41) is 0. The molecule has 9 heavy (non-hydrogen) atoms. The van der Waals surface area contributed by atoms with Crippen molar-refractivity contribution in [1.29, 1.82) is 0 Å². The van der Waals surface area contributed by atoms with E-state index in [1.54, 1.807) is 0 Å². The number of rotatable bonds is 3. The summed E-state index contributed by atoms with van der Waals surface area (Å²) in [5.74, 6) is 0. The first-order chi connectivity index (χ1) is 4.31. The van der Waals surface area contributed by atoms with E-state index in [1.165, 1.54) is 18.4 Å². The van der Waals surface area contributed by atoms with Crippen LogP contribution in [-0.4, -0.2) is 0 Å². The van der Waals surface area contributed by atoms with Crippen LogP contribution in [0.5, 0.6) is 0 Å². The zero-order valence-corrected chi connectivity index (χ0v) is 6.35. The third kappa shape index (κ3) is 5.35. The highest BCUT2D eigenvalue weighted by molar-refractivity contribution is 5.16. The molecule has 0 unspecified atom stereocenters. The van der Waals surface area contributed by atoms with Crippen molar-refractivity contribution in [2.45, 2.75) is 26.7 Å². The van der Waals surface area contributed by atoms with E-state index >= 15 is 0 Å². The van der Waals surface area contributed by atoms with Crippen LogP contribution in [0.25, 0.3) is 0 Å². The van der Waals surface area contributed by atoms with Crippen LogP contribution in [0.2, 0.25) is 0 Å². The van der Waals surface area contributed by atoms with Gasteiger partial charge in [-0.05, 0) is 20.3 Å². The maximum Gasteiger partial charge on any atom is -0.0313 e. The Hall–Kier alpha value is -0.520. The minimum absolute atomic E-state index is 1.18. The summed E-state index contributed by atoms with van der Waals surface area (Å²) in [7, 11) is 0. The van der Waals surface area contributed by atoms with Gasteiger partial charge in [-0.15, -0.1) is 0 Å². The maximum atomic E-state index is 3.61. The van der Waals surface area contributed by atoms with Gasteiger partial charge in [-0.3, -0.25) is 0 Å². The van der Waals surface area contributed by atoms with Crippen LogP contribution in [0.1, 0.15) is 26.7 Å². The second kappa shape index (κ2) is 5.61. The lowest BCUT2D eigenvalue weighted by molar-refractivity contribution is 0.952. The first-order valence-corrected chi connectivity index (χ1v) is 3.43. The van der Waals surface area contributed by atoms with Gasteiger partial charge in [-0.25, -0.2) is 0 Å². The number of hydrogen-bond donors (Lipinski definition) is 0. The van der Waals surface area contributed by atoms with Crippen molar-refractivity contribution in [2.75, 3.05) is 0 Å². The third-order valence-electron chi connectivity index (χ3n) is 1.14. The fourth-order valence-corrected chi connectivity index (χ4v) is 0.626. The summed E-state index contributed by atoms with van der Waals surface area (Å²) in [5.41, 5.74) is 1.31. The van der Waals surface area contributed by atoms with Gasteiger partial charge in [0, 0.05) is 0 Å². The summed E-state index contributed by atoms with van der Waals surface area (Å²) in [6, 6.07) is 0. The van der Waals surface area contributed by atoms with Gasteiger partial charge in [0.15, 0.2) is 0 Å². The molecule has 0 amide bonds. The van der Waals surface area contributed by atoms with E-state index in [4.69, 9.17) is 0 Å². The zero-order valence-electron chi connectivity index (χ0n) is 6.35. The van der Waals surface area contributed by atoms with Gasteiger partial charge in [-0.1, -0.05) is 37.1 Å². The van der Waals surface area contributed by atoms with Crippen LogP contribution < -0.4 is 0 Å². The van der Waals surface area contributed by atoms with E-state index in [-0.39, 0.29) is 0 Å². The highest BCUT2D eigenvalue weighted by Crippen LogP contribution is 1.98. The fraction of sp³-hybridized carbons (Fsp3) is 0.444. The molecule has 0 nitrogen and oxygen atoms in total. The van der Waals surface area contributed by atoms with Gasteiger partial charge in [0.2, 0.25) is 0 Å². The predicted octanol–water partition coefficient (Wildman–Crippen LogP) is 3.12. The van der Waals surface area contributed by atoms with Crippen LogP contribution in [0, 0.1) is 6.92 Å². The van der Waals surface area contributed by atoms with E-state index in [0.717, 1.165) is 0 Å². The molecular weight excluding hydrogens is 108 g/mol. The van der Waals surface area contributed by atoms with Crippen LogP contribution in [-0.2, 0) is 0 Å². The lowest BCUT2D eigenvalue weighted by Crippen LogP contribution is -1.67. The van der Waals surface area contributed by atoms with Crippen molar-refractivity contribution in [3.05, 3.63) is 30.7 Å². The largest absolute Gasteiger partial charge is 0.0840 e. The highest BCUT2D eigenvalue weighted by atomic mass is 13.8. The molecule has 1 radical (unpaired) electrons. The molecular formula is C9H15. The molecule has 0 aliphatic heterocycles. The summed E-state index contributed by atoms with van der Waals surface area (Å²) >= 11 is 0. The van der Waals surface area contributed by atoms with Crippen LogP contribution in [0.4, 0.5) is 0 Å². The highest BCUT2D eigenvalue weighted by Gasteiger charge is 1.77. The smallest absolute Gasteiger partial charge is 0.0313 e. The minimum atomic E-state index is 1.18. The molecule has 51 valence electrons. The van der Waals surface area contributed by atoms with Gasteiger partial charge in [0.05, 0.1) is 0 Å². The Bertz CT molecular complexity index is 107. The van der Waals surface area contributed by atoms with E-state index in [1.807, 2.05) is 12.2 Å². The maximum absolute atomic E-state index is 3.61. The van der Waals surface area contributed by atoms with Crippen LogP contribution in [0.3, 0.4) is 0 Å². The second-order valence-electron chi connectivity index (χ2n) is 2.14. The summed E-state index contributed by atoms with van der Waals surface area (Å²) < 4.78 is 0. The monoisotopic (exact) mass is 123 g/mol. The molecule has 0 N–H and O–H groups in total. The molecule has 0 aliphatic carbocycles. The van der Waals surface area contributed by atoms with Crippen molar-refractivity contribution >= 4 is 0 Å². The second-order valence-corrected chi connectivity index (χ2v) is 2.14. The molecule has 0 fully saturated rings. The summed E-state index contributed by atoms with van der Waals surface area (Å²) in [4.78, 5) is 0. The van der Waals surface area contributed by atoms with Gasteiger partial charge in [-0.2, -0.15) is 0 Å². The number of allylic oxidation sites excluding steroid dienone is 4. The lowest BCUT2D eigenvalue weighted by atomic mass is 10.2. The molecule has 0 aromatic carbocycles. The van der Waals surface area contributed by atoms with E-state index in [9.17, 15) is 0 Å². The molecule has 0 heterocycles. The molecule has 0 aliphatic rings. The topological polar surface area (TPSA) is 0 Å². The quantitative estimate of drug-likeness (QED) is 0.506. The molecule has 0 heteroatoms. The first kappa shape index (κ1) is 8.48. The Morgan fingerprint density at radius 1 is 1.56 bits per heavy atom. The molecule has 0 saturated heterocycles. The van der Waals surface area contributed by atoms with Crippen molar-refractivity contribution in [1.82, 2.24) is 0 Å². The standard InChI is InChI=1S/C9H15/c1-4-6-8-9(3)7-5-2/h5,7-8H,2,4,6H2,1,3H3/b7-5-,9-8+. The minimum Gasteiger partial charge on any atom is -0.0840 e. The molecule has 0 rings (SSSR count). The normalized spacial score (nSPS) is 13.0. The average molecular weight is 123 g/mol. The van der Waals surface area contributed by atoms with E-state index in [2.05, 4.69) is 26.8 Å². The van der Waals surface area contributed by atoms with Gasteiger partial charge in [0.1, 0.15) is 0 Å². The van der Waals surface area contributed by atoms with Crippen molar-refractivity contribution in [3.8, 4) is 0 Å². The van der Waals surface area contributed by atoms with Gasteiger partial charge >= 0.3 is 0 Å². The molecule has 0 atom stereocenters. The Balaban J connectivity index is 3.55. The van der Waals surface area contributed by atoms with Crippen molar-refractivity contribution in [3.63, 3.8) is 0 Å². The predicted molar refractivity (Wildman–Crippen MR) is 43.2 cm³/mol.